The maximum absolute atomic E-state index is 13.2. The van der Waals surface area contributed by atoms with E-state index in [-0.39, 0.29) is 30.9 Å². The van der Waals surface area contributed by atoms with Crippen molar-refractivity contribution in [3.63, 3.8) is 0 Å². The first-order valence-electron chi connectivity index (χ1n) is 18.6. The van der Waals surface area contributed by atoms with Gasteiger partial charge >= 0.3 is 23.9 Å². The molecule has 0 fully saturated rings. The predicted molar refractivity (Wildman–Crippen MR) is 226 cm³/mol. The number of carboxylic acids is 4. The zero-order valence-corrected chi connectivity index (χ0v) is 34.0. The van der Waals surface area contributed by atoms with Crippen LogP contribution in [0.4, 0.5) is 11.4 Å². The molecule has 2 atom stereocenters. The number of rotatable bonds is 27. The average Bonchev–Trinajstić information content (AvgIpc) is 3.81. The highest BCUT2D eigenvalue weighted by atomic mass is 33.1. The number of nitrogens with zero attached hydrogens (tertiary/aromatic N) is 1. The minimum Gasteiger partial charge on any atom is -0.481 e. The first kappa shape index (κ1) is 47.1. The minimum atomic E-state index is -1.52. The van der Waals surface area contributed by atoms with Gasteiger partial charge in [0.05, 0.1) is 25.3 Å². The predicted octanol–water partition coefficient (Wildman–Crippen LogP) is 1.79. The Hall–Kier alpha value is -6.59. The summed E-state index contributed by atoms with van der Waals surface area (Å²) in [5.41, 5.74) is 3.70. The zero-order chi connectivity index (χ0) is 44.5. The molecule has 21 nitrogen and oxygen atoms in total. The molecule has 61 heavy (non-hydrogen) atoms. The van der Waals surface area contributed by atoms with Crippen molar-refractivity contribution in [1.29, 1.82) is 0 Å². The van der Waals surface area contributed by atoms with Crippen molar-refractivity contribution >= 4 is 109 Å². The van der Waals surface area contributed by atoms with Crippen LogP contribution in [-0.2, 0) is 33.6 Å². The number of fused-ring (bicyclic) bond motifs is 2. The van der Waals surface area contributed by atoms with Crippen LogP contribution >= 0.6 is 21.6 Å². The fraction of sp³-hybridized carbons (Fsp3) is 0.342. The number of carbonyl (C=O) groups excluding carboxylic acids is 5. The summed E-state index contributed by atoms with van der Waals surface area (Å²) in [4.78, 5) is 114. The molecule has 0 aliphatic carbocycles. The Morgan fingerprint density at radius 1 is 0.705 bits per heavy atom. The number of aliphatic carboxylic acids is 4. The molecule has 0 radical (unpaired) electrons. The summed E-state index contributed by atoms with van der Waals surface area (Å²) in [7, 11) is 2.55. The summed E-state index contributed by atoms with van der Waals surface area (Å²) in [6.07, 6.45) is 0.704. The van der Waals surface area contributed by atoms with E-state index in [0.29, 0.717) is 42.1 Å². The smallest absolute Gasteiger partial charge is 0.327 e. The van der Waals surface area contributed by atoms with Crippen LogP contribution in [0, 0.1) is 0 Å². The highest BCUT2D eigenvalue weighted by molar-refractivity contribution is 8.76. The normalized spacial score (nSPS) is 12.0. The van der Waals surface area contributed by atoms with Gasteiger partial charge in [-0.2, -0.15) is 0 Å². The Balaban J connectivity index is 1.23. The lowest BCUT2D eigenvalue weighted by molar-refractivity contribution is -0.143. The molecule has 2 aromatic heterocycles. The number of benzene rings is 2. The maximum atomic E-state index is 13.2. The summed E-state index contributed by atoms with van der Waals surface area (Å²) in [6.45, 7) is -2.23. The second kappa shape index (κ2) is 23.3. The molecule has 0 saturated carbocycles. The van der Waals surface area contributed by atoms with E-state index in [2.05, 4.69) is 36.6 Å². The van der Waals surface area contributed by atoms with Crippen molar-refractivity contribution in [2.75, 3.05) is 54.9 Å². The van der Waals surface area contributed by atoms with E-state index in [4.69, 9.17) is 15.3 Å². The molecule has 2 heterocycles. The van der Waals surface area contributed by atoms with Gasteiger partial charge in [-0.15, -0.1) is 0 Å². The molecule has 0 aliphatic heterocycles. The van der Waals surface area contributed by atoms with E-state index in [9.17, 15) is 48.3 Å². The molecule has 4 aromatic rings. The molecule has 2 aromatic carbocycles. The molecular formula is C38H44N8O13S2. The highest BCUT2D eigenvalue weighted by Gasteiger charge is 2.28. The number of hydrogen-bond donors (Lipinski definition) is 11. The first-order valence-corrected chi connectivity index (χ1v) is 21.1. The van der Waals surface area contributed by atoms with Crippen LogP contribution in [0.15, 0.2) is 48.5 Å². The Morgan fingerprint density at radius 2 is 1.38 bits per heavy atom. The molecule has 0 spiro atoms. The van der Waals surface area contributed by atoms with Gasteiger partial charge in [-0.05, 0) is 61.4 Å². The topological polar surface area (TPSA) is 330 Å². The molecule has 11 N–H and O–H groups in total. The number of anilines is 2. The van der Waals surface area contributed by atoms with Crippen molar-refractivity contribution in [3.05, 3.63) is 59.9 Å². The van der Waals surface area contributed by atoms with Gasteiger partial charge in [0, 0.05) is 70.6 Å². The van der Waals surface area contributed by atoms with Crippen molar-refractivity contribution in [2.45, 2.75) is 37.8 Å². The highest BCUT2D eigenvalue weighted by Crippen LogP contribution is 2.25. The van der Waals surface area contributed by atoms with Gasteiger partial charge in [0.15, 0.2) is 6.29 Å². The third-order valence-corrected chi connectivity index (χ3v) is 11.1. The van der Waals surface area contributed by atoms with Crippen molar-refractivity contribution in [2.24, 2.45) is 0 Å². The summed E-state index contributed by atoms with van der Waals surface area (Å²) in [5, 5.41) is 51.4. The Kier molecular flexibility index (Phi) is 18.0. The summed E-state index contributed by atoms with van der Waals surface area (Å²) in [6, 6.07) is 11.4. The van der Waals surface area contributed by atoms with Gasteiger partial charge in [0.2, 0.25) is 17.7 Å². The second-order valence-corrected chi connectivity index (χ2v) is 16.1. The van der Waals surface area contributed by atoms with Crippen LogP contribution in [0.1, 0.15) is 46.7 Å². The number of amides is 4. The number of aromatic amines is 2. The van der Waals surface area contributed by atoms with E-state index in [1.165, 1.54) is 21.6 Å². The standard InChI is InChI=1S/C38H44N8O13S2/c47-19-25-13-21-12-24(6-8-26(21)41-25)42-36(56)28-14-22-11-23(5-7-27(22)43-28)39-9-2-10-60-61-20-30(38(58)59)45-37(57)29(44-31(48)3-1-4-33(50)51)15-40-32(49)16-46(17-34(52)53)18-35(54)55/h5-8,11-14,19,29-30,39,41,43H,1-4,9-10,15-18,20H2,(H,40,49)(H,42,56)(H,44,48)(H,45,57)(H,50,51)(H,52,53)(H,54,55)(H,58,59). The molecule has 0 bridgehead atoms. The lowest BCUT2D eigenvalue weighted by Gasteiger charge is -2.23. The van der Waals surface area contributed by atoms with Crippen LogP contribution in [-0.4, -0.2) is 145 Å². The lowest BCUT2D eigenvalue weighted by Crippen LogP contribution is -2.56. The van der Waals surface area contributed by atoms with Gasteiger partial charge < -0.3 is 57.0 Å². The third-order valence-electron chi connectivity index (χ3n) is 8.59. The Bertz CT molecular complexity index is 2250. The van der Waals surface area contributed by atoms with Crippen molar-refractivity contribution in [3.8, 4) is 0 Å². The van der Waals surface area contributed by atoms with E-state index in [1.807, 2.05) is 18.2 Å². The Labute approximate surface area is 354 Å². The molecule has 0 aliphatic rings. The van der Waals surface area contributed by atoms with Gasteiger partial charge in [-0.1, -0.05) is 21.6 Å². The molecule has 23 heteroatoms. The fourth-order valence-electron chi connectivity index (χ4n) is 5.75. The van der Waals surface area contributed by atoms with Gasteiger partial charge in [0.1, 0.15) is 17.8 Å². The SMILES string of the molecule is O=Cc1cc2cc(NC(=O)c3cc4cc(NCCCSSCC(NC(=O)C(CNC(=O)CN(CC(=O)O)CC(=O)O)NC(=O)CCCC(=O)O)C(=O)O)ccc4[nH]3)ccc2[nH]1. The van der Waals surface area contributed by atoms with Crippen LogP contribution in [0.3, 0.4) is 0 Å². The fourth-order valence-corrected chi connectivity index (χ4v) is 7.99. The van der Waals surface area contributed by atoms with Crippen molar-refractivity contribution < 1.29 is 63.6 Å². The van der Waals surface area contributed by atoms with Crippen LogP contribution in [0.5, 0.6) is 0 Å². The molecule has 4 rings (SSSR count). The largest absolute Gasteiger partial charge is 0.481 e. The van der Waals surface area contributed by atoms with Gasteiger partial charge in [-0.3, -0.25) is 43.3 Å². The number of carbonyl (C=O) groups is 9. The van der Waals surface area contributed by atoms with E-state index >= 15 is 0 Å². The monoisotopic (exact) mass is 884 g/mol. The van der Waals surface area contributed by atoms with Crippen molar-refractivity contribution in [1.82, 2.24) is 30.8 Å². The number of hydrogen-bond acceptors (Lipinski definition) is 13. The van der Waals surface area contributed by atoms with Crippen LogP contribution < -0.4 is 26.6 Å². The number of nitrogens with one attached hydrogen (secondary N) is 7. The van der Waals surface area contributed by atoms with E-state index in [0.717, 1.165) is 32.4 Å². The Morgan fingerprint density at radius 3 is 2.05 bits per heavy atom. The number of H-pyrrole nitrogens is 2. The average molecular weight is 885 g/mol. The first-order chi connectivity index (χ1) is 29.1. The lowest BCUT2D eigenvalue weighted by atomic mass is 10.2. The molecule has 4 amide bonds. The summed E-state index contributed by atoms with van der Waals surface area (Å²) >= 11 is 0. The zero-order valence-electron chi connectivity index (χ0n) is 32.4. The molecule has 0 saturated heterocycles. The van der Waals surface area contributed by atoms with Gasteiger partial charge in [0.25, 0.3) is 5.91 Å². The minimum absolute atomic E-state index is 0.0631. The quantitative estimate of drug-likeness (QED) is 0.0231. The summed E-state index contributed by atoms with van der Waals surface area (Å²) < 4.78 is 0. The van der Waals surface area contributed by atoms with Crippen LogP contribution in [0.2, 0.25) is 0 Å². The van der Waals surface area contributed by atoms with Gasteiger partial charge in [-0.25, -0.2) is 4.79 Å². The molecule has 2 unspecified atom stereocenters. The number of aldehydes is 1. The molecule has 326 valence electrons. The summed E-state index contributed by atoms with van der Waals surface area (Å²) in [5.74, 6) is -7.72. The van der Waals surface area contributed by atoms with E-state index < -0.39 is 79.9 Å². The second-order valence-electron chi connectivity index (χ2n) is 13.5. The third kappa shape index (κ3) is 15.8. The van der Waals surface area contributed by atoms with Crippen LogP contribution in [0.25, 0.3) is 21.8 Å². The number of aromatic nitrogens is 2. The molecular weight excluding hydrogens is 841 g/mol. The number of carboxylic acid groups (broad SMARTS) is 4. The maximum Gasteiger partial charge on any atom is 0.327 e. The van der Waals surface area contributed by atoms with E-state index in [1.54, 1.807) is 30.3 Å².